The van der Waals surface area contributed by atoms with Crippen LogP contribution in [0.15, 0.2) is 70.8 Å². The molecule has 1 fully saturated rings. The third kappa shape index (κ3) is 4.01. The molecular formula is C24H22N4O2S. The van der Waals surface area contributed by atoms with E-state index in [4.69, 9.17) is 9.51 Å². The fourth-order valence-corrected chi connectivity index (χ4v) is 5.00. The normalized spacial score (nSPS) is 19.0. The van der Waals surface area contributed by atoms with Gasteiger partial charge in [-0.05, 0) is 48.6 Å². The van der Waals surface area contributed by atoms with E-state index in [1.54, 1.807) is 17.5 Å². The molecule has 1 saturated heterocycles. The smallest absolute Gasteiger partial charge is 0.232 e. The van der Waals surface area contributed by atoms with Gasteiger partial charge in [0.2, 0.25) is 11.8 Å². The summed E-state index contributed by atoms with van der Waals surface area (Å²) in [6.07, 6.45) is 5.24. The molecule has 6 nitrogen and oxygen atoms in total. The van der Waals surface area contributed by atoms with E-state index in [1.165, 1.54) is 0 Å². The van der Waals surface area contributed by atoms with Gasteiger partial charge in [0.1, 0.15) is 0 Å². The lowest BCUT2D eigenvalue weighted by atomic mass is 9.87. The molecule has 0 saturated carbocycles. The summed E-state index contributed by atoms with van der Waals surface area (Å²) in [7, 11) is 0. The van der Waals surface area contributed by atoms with Crippen LogP contribution in [0.1, 0.15) is 52.5 Å². The van der Waals surface area contributed by atoms with Crippen LogP contribution in [-0.2, 0) is 11.2 Å². The fraction of sp³-hybridized carbons (Fsp3) is 0.250. The van der Waals surface area contributed by atoms with Crippen LogP contribution in [0.2, 0.25) is 0 Å². The number of benzene rings is 1. The molecule has 4 heterocycles. The van der Waals surface area contributed by atoms with Gasteiger partial charge in [-0.2, -0.15) is 4.98 Å². The largest absolute Gasteiger partial charge is 0.339 e. The van der Waals surface area contributed by atoms with Crippen LogP contribution in [0.5, 0.6) is 0 Å². The third-order valence-electron chi connectivity index (χ3n) is 5.63. The quantitative estimate of drug-likeness (QED) is 0.442. The summed E-state index contributed by atoms with van der Waals surface area (Å²) in [5, 5.41) is 6.26. The number of nitrogens with zero attached hydrogens (tertiary/aromatic N) is 4. The van der Waals surface area contributed by atoms with Crippen molar-refractivity contribution in [3.05, 3.63) is 94.0 Å². The highest BCUT2D eigenvalue weighted by Crippen LogP contribution is 2.46. The number of hydrogen-bond donors (Lipinski definition) is 0. The number of hydrogen-bond acceptors (Lipinski definition) is 6. The summed E-state index contributed by atoms with van der Waals surface area (Å²) in [4.78, 5) is 25.0. The Morgan fingerprint density at radius 3 is 2.77 bits per heavy atom. The molecule has 0 aliphatic carbocycles. The molecule has 31 heavy (non-hydrogen) atoms. The van der Waals surface area contributed by atoms with Crippen molar-refractivity contribution in [3.8, 4) is 0 Å². The number of aryl methyl sites for hydroxylation is 1. The lowest BCUT2D eigenvalue weighted by molar-refractivity contribution is -0.120. The molecule has 1 amide bonds. The second-order valence-electron chi connectivity index (χ2n) is 7.79. The number of carbonyl (C=O) groups excluding carboxylic acids is 1. The second kappa shape index (κ2) is 8.43. The Morgan fingerprint density at radius 2 is 2.03 bits per heavy atom. The standard InChI is InChI=1S/C24H22N4O2S/c1-16-6-8-18(9-7-16)28-22(29)11-10-19(23(28)20-5-3-13-31-20)24-26-21(27-30-24)14-17-4-2-12-25-15-17/h2-9,12-13,15,19,23H,10-11,14H2,1H3/t19-,23+/m0/s1. The van der Waals surface area contributed by atoms with Crippen LogP contribution >= 0.6 is 11.3 Å². The van der Waals surface area contributed by atoms with E-state index in [0.29, 0.717) is 31.0 Å². The van der Waals surface area contributed by atoms with E-state index in [0.717, 1.165) is 21.7 Å². The Morgan fingerprint density at radius 1 is 1.16 bits per heavy atom. The van der Waals surface area contributed by atoms with Gasteiger partial charge in [-0.3, -0.25) is 9.78 Å². The Balaban J connectivity index is 1.50. The summed E-state index contributed by atoms with van der Waals surface area (Å²) in [5.74, 6) is 1.27. The Hall–Kier alpha value is -3.32. The highest BCUT2D eigenvalue weighted by atomic mass is 32.1. The van der Waals surface area contributed by atoms with Crippen molar-refractivity contribution in [3.63, 3.8) is 0 Å². The molecule has 2 atom stereocenters. The topological polar surface area (TPSA) is 72.1 Å². The molecule has 0 N–H and O–H groups in total. The summed E-state index contributed by atoms with van der Waals surface area (Å²) >= 11 is 1.65. The van der Waals surface area contributed by atoms with Crippen molar-refractivity contribution in [2.24, 2.45) is 0 Å². The molecule has 0 bridgehead atoms. The van der Waals surface area contributed by atoms with Gasteiger partial charge in [0.25, 0.3) is 0 Å². The van der Waals surface area contributed by atoms with Gasteiger partial charge in [0.15, 0.2) is 5.82 Å². The lowest BCUT2D eigenvalue weighted by Gasteiger charge is -2.39. The van der Waals surface area contributed by atoms with Crippen LogP contribution in [0, 0.1) is 6.92 Å². The molecule has 1 aromatic carbocycles. The molecule has 0 unspecified atom stereocenters. The molecule has 7 heteroatoms. The summed E-state index contributed by atoms with van der Waals surface area (Å²) in [5.41, 5.74) is 3.09. The SMILES string of the molecule is Cc1ccc(N2C(=O)CC[C@H](c3nc(Cc4cccnc4)no3)[C@@H]2c2cccs2)cc1. The first-order chi connectivity index (χ1) is 15.2. The maximum atomic E-state index is 13.1. The summed E-state index contributed by atoms with van der Waals surface area (Å²) in [6, 6.07) is 15.9. The number of anilines is 1. The number of pyridine rings is 1. The van der Waals surface area contributed by atoms with Crippen LogP contribution in [-0.4, -0.2) is 21.0 Å². The summed E-state index contributed by atoms with van der Waals surface area (Å²) < 4.78 is 5.73. The van der Waals surface area contributed by atoms with Gasteiger partial charge in [0, 0.05) is 35.8 Å². The van der Waals surface area contributed by atoms with E-state index in [1.807, 2.05) is 65.9 Å². The van der Waals surface area contributed by atoms with Crippen molar-refractivity contribution in [1.29, 1.82) is 0 Å². The fourth-order valence-electron chi connectivity index (χ4n) is 4.12. The van der Waals surface area contributed by atoms with Crippen molar-refractivity contribution >= 4 is 22.9 Å². The predicted molar refractivity (Wildman–Crippen MR) is 119 cm³/mol. The van der Waals surface area contributed by atoms with E-state index >= 15 is 0 Å². The summed E-state index contributed by atoms with van der Waals surface area (Å²) in [6.45, 7) is 2.05. The molecule has 4 aromatic rings. The first-order valence-electron chi connectivity index (χ1n) is 10.3. The van der Waals surface area contributed by atoms with Crippen molar-refractivity contribution < 1.29 is 9.32 Å². The first kappa shape index (κ1) is 19.6. The average Bonchev–Trinajstić information content (AvgIpc) is 3.47. The zero-order chi connectivity index (χ0) is 21.2. The van der Waals surface area contributed by atoms with Crippen molar-refractivity contribution in [1.82, 2.24) is 15.1 Å². The number of amides is 1. The Labute approximate surface area is 184 Å². The van der Waals surface area contributed by atoms with Crippen LogP contribution in [0.4, 0.5) is 5.69 Å². The first-order valence-corrected chi connectivity index (χ1v) is 11.2. The highest BCUT2D eigenvalue weighted by Gasteiger charge is 2.41. The number of rotatable bonds is 5. The monoisotopic (exact) mass is 430 g/mol. The van der Waals surface area contributed by atoms with Crippen LogP contribution in [0.25, 0.3) is 0 Å². The number of piperidine rings is 1. The number of carbonyl (C=O) groups is 1. The second-order valence-corrected chi connectivity index (χ2v) is 8.77. The van der Waals surface area contributed by atoms with Crippen molar-refractivity contribution in [2.75, 3.05) is 4.90 Å². The van der Waals surface area contributed by atoms with E-state index in [-0.39, 0.29) is 17.9 Å². The molecule has 1 aliphatic heterocycles. The molecule has 1 aliphatic rings. The lowest BCUT2D eigenvalue weighted by Crippen LogP contribution is -2.42. The van der Waals surface area contributed by atoms with E-state index < -0.39 is 0 Å². The molecule has 156 valence electrons. The van der Waals surface area contributed by atoms with Gasteiger partial charge < -0.3 is 9.42 Å². The van der Waals surface area contributed by atoms with Crippen LogP contribution < -0.4 is 4.90 Å². The number of aromatic nitrogens is 3. The minimum Gasteiger partial charge on any atom is -0.339 e. The molecule has 3 aromatic heterocycles. The molecule has 0 radical (unpaired) electrons. The maximum absolute atomic E-state index is 13.1. The van der Waals surface area contributed by atoms with Gasteiger partial charge in [-0.1, -0.05) is 35.0 Å². The Bertz CT molecular complexity index is 1160. The number of thiophene rings is 1. The molecule has 5 rings (SSSR count). The van der Waals surface area contributed by atoms with Gasteiger partial charge >= 0.3 is 0 Å². The average molecular weight is 431 g/mol. The van der Waals surface area contributed by atoms with Gasteiger partial charge in [-0.15, -0.1) is 11.3 Å². The Kier molecular flexibility index (Phi) is 5.34. The zero-order valence-corrected chi connectivity index (χ0v) is 18.0. The third-order valence-corrected chi connectivity index (χ3v) is 6.57. The van der Waals surface area contributed by atoms with E-state index in [2.05, 4.69) is 16.2 Å². The van der Waals surface area contributed by atoms with Gasteiger partial charge in [0.05, 0.1) is 12.0 Å². The predicted octanol–water partition coefficient (Wildman–Crippen LogP) is 5.08. The minimum absolute atomic E-state index is 0.0622. The van der Waals surface area contributed by atoms with Crippen molar-refractivity contribution in [2.45, 2.75) is 38.1 Å². The van der Waals surface area contributed by atoms with E-state index in [9.17, 15) is 4.79 Å². The minimum atomic E-state index is -0.171. The molecular weight excluding hydrogens is 408 g/mol. The zero-order valence-electron chi connectivity index (χ0n) is 17.1. The molecule has 0 spiro atoms. The van der Waals surface area contributed by atoms with Crippen LogP contribution in [0.3, 0.4) is 0 Å². The maximum Gasteiger partial charge on any atom is 0.232 e. The highest BCUT2D eigenvalue weighted by molar-refractivity contribution is 7.10. The van der Waals surface area contributed by atoms with Gasteiger partial charge in [-0.25, -0.2) is 0 Å².